The quantitative estimate of drug-likeness (QED) is 0.477. The van der Waals surface area contributed by atoms with Crippen LogP contribution >= 0.6 is 0 Å². The van der Waals surface area contributed by atoms with Crippen molar-refractivity contribution in [3.63, 3.8) is 0 Å². The zero-order valence-electron chi connectivity index (χ0n) is 23.3. The van der Waals surface area contributed by atoms with Crippen LogP contribution in [0.2, 0.25) is 0 Å². The molecule has 1 saturated heterocycles. The lowest BCUT2D eigenvalue weighted by Gasteiger charge is -2.43. The summed E-state index contributed by atoms with van der Waals surface area (Å²) < 4.78 is 10.5. The average Bonchev–Trinajstić information content (AvgIpc) is 3.73. The molecule has 3 aliphatic rings. The highest BCUT2D eigenvalue weighted by Crippen LogP contribution is 2.35. The number of nitrogens with zero attached hydrogens (tertiary/aromatic N) is 3. The number of nitrogens with two attached hydrogens (primary N) is 1. The molecule has 9 heteroatoms. The standard InChI is InChI=1S/C30H43N5O4/c1-20-15-27(33-39-20)30(37)34-14-13-25(35(24-9-10-24)19-23-7-11-26(38-2)12-8-23)16-28(34)29(36)32-18-22-5-3-21(17-31)4-6-22/h7-8,11-12,15,21-22,24-25,28H,3-6,9-10,13-14,16-19,31H2,1-2H3,(H,32,36)/t21?,22?,25?,28-/m1/s1. The predicted octanol–water partition coefficient (Wildman–Crippen LogP) is 3.51. The maximum atomic E-state index is 13.7. The monoisotopic (exact) mass is 537 g/mol. The number of methoxy groups -OCH3 is 1. The smallest absolute Gasteiger partial charge is 0.276 e. The number of carbonyl (C=O) groups is 2. The first kappa shape index (κ1) is 27.6. The first-order valence-electron chi connectivity index (χ1n) is 14.6. The Morgan fingerprint density at radius 3 is 2.41 bits per heavy atom. The molecule has 0 spiro atoms. The van der Waals surface area contributed by atoms with Crippen molar-refractivity contribution in [2.45, 2.75) is 83.0 Å². The molecule has 2 saturated carbocycles. The molecule has 1 aromatic heterocycles. The normalized spacial score (nSPS) is 25.5. The van der Waals surface area contributed by atoms with Crippen molar-refractivity contribution in [3.8, 4) is 5.75 Å². The molecular weight excluding hydrogens is 494 g/mol. The van der Waals surface area contributed by atoms with Crippen LogP contribution in [0.4, 0.5) is 0 Å². The summed E-state index contributed by atoms with van der Waals surface area (Å²) in [5.41, 5.74) is 7.35. The molecule has 2 amide bonds. The van der Waals surface area contributed by atoms with Crippen LogP contribution in [0.1, 0.15) is 73.2 Å². The van der Waals surface area contributed by atoms with E-state index in [9.17, 15) is 9.59 Å². The second kappa shape index (κ2) is 12.5. The summed E-state index contributed by atoms with van der Waals surface area (Å²) in [7, 11) is 1.68. The average molecular weight is 538 g/mol. The summed E-state index contributed by atoms with van der Waals surface area (Å²) in [4.78, 5) is 31.4. The number of likely N-dealkylation sites (tertiary alicyclic amines) is 1. The Kier molecular flexibility index (Phi) is 8.87. The van der Waals surface area contributed by atoms with Crippen molar-refractivity contribution >= 4 is 11.8 Å². The lowest BCUT2D eigenvalue weighted by molar-refractivity contribution is -0.128. The molecular formula is C30H43N5O4. The van der Waals surface area contributed by atoms with Crippen molar-refractivity contribution in [3.05, 3.63) is 47.3 Å². The van der Waals surface area contributed by atoms with Crippen LogP contribution in [0.25, 0.3) is 0 Å². The predicted molar refractivity (Wildman–Crippen MR) is 148 cm³/mol. The molecule has 212 valence electrons. The number of nitrogens with one attached hydrogen (secondary N) is 1. The lowest BCUT2D eigenvalue weighted by Crippen LogP contribution is -2.58. The summed E-state index contributed by atoms with van der Waals surface area (Å²) in [6, 6.07) is 10.1. The Balaban J connectivity index is 1.29. The van der Waals surface area contributed by atoms with Crippen LogP contribution in [0.5, 0.6) is 5.75 Å². The zero-order chi connectivity index (χ0) is 27.4. The van der Waals surface area contributed by atoms with Crippen molar-refractivity contribution in [2.75, 3.05) is 26.7 Å². The Bertz CT molecular complexity index is 1110. The minimum Gasteiger partial charge on any atom is -0.497 e. The van der Waals surface area contributed by atoms with Gasteiger partial charge in [0.1, 0.15) is 17.6 Å². The Labute approximate surface area is 231 Å². The van der Waals surface area contributed by atoms with E-state index in [4.69, 9.17) is 15.0 Å². The maximum Gasteiger partial charge on any atom is 0.276 e. The molecule has 2 aliphatic carbocycles. The van der Waals surface area contributed by atoms with Gasteiger partial charge in [-0.2, -0.15) is 0 Å². The Morgan fingerprint density at radius 2 is 1.79 bits per heavy atom. The van der Waals surface area contributed by atoms with Crippen molar-refractivity contribution in [1.29, 1.82) is 0 Å². The minimum atomic E-state index is -0.536. The first-order chi connectivity index (χ1) is 18.9. The van der Waals surface area contributed by atoms with Gasteiger partial charge in [0, 0.05) is 37.8 Å². The number of carbonyl (C=O) groups excluding carboxylic acids is 2. The van der Waals surface area contributed by atoms with Crippen molar-refractivity contribution in [2.24, 2.45) is 17.6 Å². The fraction of sp³-hybridized carbons (Fsp3) is 0.633. The number of ether oxygens (including phenoxy) is 1. The van der Waals surface area contributed by atoms with Gasteiger partial charge in [-0.05, 0) is 94.4 Å². The van der Waals surface area contributed by atoms with Gasteiger partial charge in [0.25, 0.3) is 5.91 Å². The van der Waals surface area contributed by atoms with Gasteiger partial charge in [-0.3, -0.25) is 14.5 Å². The van der Waals surface area contributed by atoms with Gasteiger partial charge in [-0.25, -0.2) is 0 Å². The number of hydrogen-bond acceptors (Lipinski definition) is 7. The van der Waals surface area contributed by atoms with Gasteiger partial charge in [-0.1, -0.05) is 17.3 Å². The van der Waals surface area contributed by atoms with Gasteiger partial charge >= 0.3 is 0 Å². The van der Waals surface area contributed by atoms with Crippen LogP contribution in [0, 0.1) is 18.8 Å². The summed E-state index contributed by atoms with van der Waals surface area (Å²) >= 11 is 0. The molecule has 3 N–H and O–H groups in total. The second-order valence-corrected chi connectivity index (χ2v) is 11.6. The fourth-order valence-electron chi connectivity index (χ4n) is 6.29. The van der Waals surface area contributed by atoms with E-state index in [0.717, 1.165) is 50.9 Å². The van der Waals surface area contributed by atoms with E-state index >= 15 is 0 Å². The molecule has 9 nitrogen and oxygen atoms in total. The summed E-state index contributed by atoms with van der Waals surface area (Å²) in [6.07, 6.45) is 8.22. The van der Waals surface area contributed by atoms with E-state index in [1.807, 2.05) is 12.1 Å². The second-order valence-electron chi connectivity index (χ2n) is 11.6. The Hall–Kier alpha value is -2.91. The van der Waals surface area contributed by atoms with Gasteiger partial charge in [0.2, 0.25) is 5.91 Å². The van der Waals surface area contributed by atoms with Crippen LogP contribution in [0.3, 0.4) is 0 Å². The number of hydrogen-bond donors (Lipinski definition) is 2. The number of aryl methyl sites for hydroxylation is 1. The SMILES string of the molecule is COc1ccc(CN(C2CC2)C2CCN(C(=O)c3cc(C)on3)[C@@H](C(=O)NCC3CCC(CN)CC3)C2)cc1. The number of amides is 2. The van der Waals surface area contributed by atoms with Gasteiger partial charge in [0.15, 0.2) is 5.69 Å². The Morgan fingerprint density at radius 1 is 1.08 bits per heavy atom. The summed E-state index contributed by atoms with van der Waals surface area (Å²) in [5, 5.41) is 7.18. The lowest BCUT2D eigenvalue weighted by atomic mass is 9.82. The van der Waals surface area contributed by atoms with E-state index in [1.165, 1.54) is 18.4 Å². The topological polar surface area (TPSA) is 114 Å². The molecule has 1 aromatic carbocycles. The van der Waals surface area contributed by atoms with E-state index in [-0.39, 0.29) is 23.6 Å². The number of benzene rings is 1. The third-order valence-electron chi connectivity index (χ3n) is 8.86. The van der Waals surface area contributed by atoms with Crippen LogP contribution < -0.4 is 15.8 Å². The fourth-order valence-corrected chi connectivity index (χ4v) is 6.29. The molecule has 2 aromatic rings. The molecule has 2 atom stereocenters. The molecule has 3 fully saturated rings. The van der Waals surface area contributed by atoms with Crippen molar-refractivity contribution < 1.29 is 18.8 Å². The summed E-state index contributed by atoms with van der Waals surface area (Å²) in [6.45, 7) is 4.51. The minimum absolute atomic E-state index is 0.0607. The maximum absolute atomic E-state index is 13.7. The van der Waals surface area contributed by atoms with Crippen molar-refractivity contribution in [1.82, 2.24) is 20.3 Å². The third-order valence-corrected chi connectivity index (χ3v) is 8.86. The van der Waals surface area contributed by atoms with Gasteiger partial charge in [-0.15, -0.1) is 0 Å². The largest absolute Gasteiger partial charge is 0.497 e. The highest BCUT2D eigenvalue weighted by molar-refractivity contribution is 5.96. The zero-order valence-corrected chi connectivity index (χ0v) is 23.3. The van der Waals surface area contributed by atoms with Crippen LogP contribution in [-0.2, 0) is 11.3 Å². The van der Waals surface area contributed by atoms with Crippen LogP contribution in [-0.4, -0.2) is 71.6 Å². The molecule has 1 aliphatic heterocycles. The van der Waals surface area contributed by atoms with E-state index in [0.29, 0.717) is 43.1 Å². The molecule has 39 heavy (non-hydrogen) atoms. The van der Waals surface area contributed by atoms with Crippen LogP contribution in [0.15, 0.2) is 34.9 Å². The van der Waals surface area contributed by atoms with E-state index in [2.05, 4.69) is 27.5 Å². The number of rotatable bonds is 10. The van der Waals surface area contributed by atoms with Gasteiger partial charge in [0.05, 0.1) is 7.11 Å². The molecule has 5 rings (SSSR count). The molecule has 2 heterocycles. The first-order valence-corrected chi connectivity index (χ1v) is 14.6. The molecule has 1 unspecified atom stereocenters. The molecule has 0 radical (unpaired) electrons. The third kappa shape index (κ3) is 6.81. The number of aromatic nitrogens is 1. The van der Waals surface area contributed by atoms with E-state index < -0.39 is 6.04 Å². The van der Waals surface area contributed by atoms with E-state index in [1.54, 1.807) is 25.0 Å². The summed E-state index contributed by atoms with van der Waals surface area (Å²) in [5.74, 6) is 2.21. The highest BCUT2D eigenvalue weighted by atomic mass is 16.5. The number of piperidine rings is 1. The molecule has 0 bridgehead atoms. The van der Waals surface area contributed by atoms with Gasteiger partial charge < -0.3 is 25.2 Å². The highest BCUT2D eigenvalue weighted by Gasteiger charge is 2.42.